The predicted octanol–water partition coefficient (Wildman–Crippen LogP) is 1.38. The van der Waals surface area contributed by atoms with Crippen molar-refractivity contribution in [2.45, 2.75) is 32.7 Å². The van der Waals surface area contributed by atoms with Gasteiger partial charge in [0.2, 0.25) is 11.8 Å². The fourth-order valence-electron chi connectivity index (χ4n) is 2.60. The number of nitrogens with zero attached hydrogens (tertiary/aromatic N) is 1. The Balaban J connectivity index is 2.31. The maximum absolute atomic E-state index is 13.6. The molecular formula is C15H17FN2O3. The molecule has 0 saturated carbocycles. The van der Waals surface area contributed by atoms with Crippen molar-refractivity contribution in [3.05, 3.63) is 35.2 Å². The van der Waals surface area contributed by atoms with Gasteiger partial charge in [-0.25, -0.2) is 4.39 Å². The molecule has 1 N–H and O–H groups in total. The van der Waals surface area contributed by atoms with Crippen LogP contribution in [0.15, 0.2) is 35.2 Å². The number of carbonyl (C=O) groups is 3. The van der Waals surface area contributed by atoms with Gasteiger partial charge in [-0.2, -0.15) is 0 Å². The summed E-state index contributed by atoms with van der Waals surface area (Å²) in [5.41, 5.74) is 1.24. The number of nitrogens with one attached hydrogen (secondary N) is 1. The highest BCUT2D eigenvalue weighted by atomic mass is 19.1. The zero-order chi connectivity index (χ0) is 15.7. The lowest BCUT2D eigenvalue weighted by atomic mass is 10.0. The third kappa shape index (κ3) is 2.66. The summed E-state index contributed by atoms with van der Waals surface area (Å²) >= 11 is 0. The molecule has 0 radical (unpaired) electrons. The molecule has 2 aliphatic rings. The Morgan fingerprint density at radius 3 is 2.62 bits per heavy atom. The summed E-state index contributed by atoms with van der Waals surface area (Å²) in [6.45, 7) is 6.93. The Morgan fingerprint density at radius 2 is 2.10 bits per heavy atom. The van der Waals surface area contributed by atoms with Crippen molar-refractivity contribution < 1.29 is 18.8 Å². The summed E-state index contributed by atoms with van der Waals surface area (Å²) in [7, 11) is 0. The van der Waals surface area contributed by atoms with Gasteiger partial charge < -0.3 is 4.90 Å². The second-order valence-corrected chi connectivity index (χ2v) is 5.13. The quantitative estimate of drug-likeness (QED) is 0.799. The van der Waals surface area contributed by atoms with E-state index in [2.05, 4.69) is 11.9 Å². The first-order valence-corrected chi connectivity index (χ1v) is 6.72. The van der Waals surface area contributed by atoms with Crippen LogP contribution in [0.2, 0.25) is 0 Å². The molecule has 1 fully saturated rings. The van der Waals surface area contributed by atoms with Crippen molar-refractivity contribution >= 4 is 17.7 Å². The molecule has 1 atom stereocenters. The lowest BCUT2D eigenvalue weighted by Crippen LogP contribution is -2.53. The van der Waals surface area contributed by atoms with Crippen LogP contribution in [0.5, 0.6) is 0 Å². The van der Waals surface area contributed by atoms with E-state index in [1.807, 2.05) is 0 Å². The molecule has 0 aliphatic carbocycles. The molecule has 1 unspecified atom stereocenters. The molecule has 5 nitrogen and oxygen atoms in total. The van der Waals surface area contributed by atoms with E-state index in [9.17, 15) is 18.8 Å². The van der Waals surface area contributed by atoms with E-state index in [1.54, 1.807) is 19.9 Å². The average Bonchev–Trinajstić information content (AvgIpc) is 2.75. The number of allylic oxidation sites excluding steroid dienone is 1. The van der Waals surface area contributed by atoms with E-state index in [0.717, 1.165) is 5.57 Å². The monoisotopic (exact) mass is 292 g/mol. The Hall–Kier alpha value is -2.24. The van der Waals surface area contributed by atoms with Crippen LogP contribution in [-0.4, -0.2) is 35.2 Å². The van der Waals surface area contributed by atoms with Crippen LogP contribution >= 0.6 is 0 Å². The van der Waals surface area contributed by atoms with Crippen molar-refractivity contribution in [1.29, 1.82) is 0 Å². The predicted molar refractivity (Wildman–Crippen MR) is 74.6 cm³/mol. The normalized spacial score (nSPS) is 23.8. The van der Waals surface area contributed by atoms with E-state index in [-0.39, 0.29) is 30.9 Å². The second-order valence-electron chi connectivity index (χ2n) is 5.13. The lowest BCUT2D eigenvalue weighted by Gasteiger charge is -2.30. The van der Waals surface area contributed by atoms with Crippen LogP contribution in [0.4, 0.5) is 4.39 Å². The maximum atomic E-state index is 13.6. The highest BCUT2D eigenvalue weighted by Crippen LogP contribution is 2.32. The SMILES string of the molecule is C=C(F)C1=C(/C(C)=C\C)CN(C2CCC(=O)NC2=O)C1=O. The highest BCUT2D eigenvalue weighted by molar-refractivity contribution is 6.06. The van der Waals surface area contributed by atoms with Gasteiger partial charge in [0, 0.05) is 13.0 Å². The average molecular weight is 292 g/mol. The van der Waals surface area contributed by atoms with Gasteiger partial charge >= 0.3 is 0 Å². The van der Waals surface area contributed by atoms with Crippen molar-refractivity contribution in [2.75, 3.05) is 6.54 Å². The van der Waals surface area contributed by atoms with Crippen LogP contribution in [0, 0.1) is 0 Å². The lowest BCUT2D eigenvalue weighted by molar-refractivity contribution is -0.142. The van der Waals surface area contributed by atoms with Gasteiger partial charge in [0.1, 0.15) is 11.9 Å². The van der Waals surface area contributed by atoms with Crippen molar-refractivity contribution in [3.63, 3.8) is 0 Å². The number of hydrogen-bond donors (Lipinski definition) is 1. The molecule has 1 saturated heterocycles. The number of halogens is 1. The largest absolute Gasteiger partial charge is 0.322 e. The number of imide groups is 1. The molecule has 0 spiro atoms. The molecular weight excluding hydrogens is 275 g/mol. The Kier molecular flexibility index (Phi) is 4.06. The molecule has 112 valence electrons. The summed E-state index contributed by atoms with van der Waals surface area (Å²) < 4.78 is 13.6. The molecule has 2 heterocycles. The summed E-state index contributed by atoms with van der Waals surface area (Å²) in [6.07, 6.45) is 2.20. The number of amides is 3. The second kappa shape index (κ2) is 5.63. The number of piperidine rings is 1. The third-order valence-corrected chi connectivity index (χ3v) is 3.87. The zero-order valence-corrected chi connectivity index (χ0v) is 12.0. The molecule has 6 heteroatoms. The van der Waals surface area contributed by atoms with Crippen LogP contribution < -0.4 is 5.32 Å². The fourth-order valence-corrected chi connectivity index (χ4v) is 2.60. The molecule has 21 heavy (non-hydrogen) atoms. The van der Waals surface area contributed by atoms with E-state index in [4.69, 9.17) is 0 Å². The standard InChI is InChI=1S/C15H17FN2O3/c1-4-8(2)10-7-18(15(21)13(10)9(3)16)11-5-6-12(19)17-14(11)20/h4,11H,3,5-7H2,1-2H3,(H,17,19,20)/b8-4-. The van der Waals surface area contributed by atoms with Crippen LogP contribution in [0.1, 0.15) is 26.7 Å². The van der Waals surface area contributed by atoms with E-state index in [0.29, 0.717) is 5.57 Å². The minimum absolute atomic E-state index is 0.0738. The minimum atomic E-state index is -0.800. The first kappa shape index (κ1) is 15.2. The highest BCUT2D eigenvalue weighted by Gasteiger charge is 2.41. The molecule has 0 bridgehead atoms. The number of rotatable bonds is 3. The summed E-state index contributed by atoms with van der Waals surface area (Å²) in [5.74, 6) is -2.21. The Bertz CT molecular complexity index is 604. The van der Waals surface area contributed by atoms with E-state index in [1.165, 1.54) is 4.90 Å². The van der Waals surface area contributed by atoms with Crippen molar-refractivity contribution in [1.82, 2.24) is 10.2 Å². The van der Waals surface area contributed by atoms with Crippen LogP contribution in [0.25, 0.3) is 0 Å². The van der Waals surface area contributed by atoms with Crippen molar-refractivity contribution in [3.8, 4) is 0 Å². The van der Waals surface area contributed by atoms with E-state index >= 15 is 0 Å². The number of hydrogen-bond acceptors (Lipinski definition) is 3. The third-order valence-electron chi connectivity index (χ3n) is 3.87. The first-order chi connectivity index (χ1) is 9.86. The van der Waals surface area contributed by atoms with Gasteiger partial charge in [0.05, 0.1) is 5.57 Å². The van der Waals surface area contributed by atoms with Gasteiger partial charge in [-0.1, -0.05) is 12.7 Å². The van der Waals surface area contributed by atoms with Gasteiger partial charge in [-0.05, 0) is 31.4 Å². The minimum Gasteiger partial charge on any atom is -0.322 e. The van der Waals surface area contributed by atoms with Gasteiger partial charge in [0.15, 0.2) is 0 Å². The van der Waals surface area contributed by atoms with Crippen LogP contribution in [0.3, 0.4) is 0 Å². The topological polar surface area (TPSA) is 66.5 Å². The Morgan fingerprint density at radius 1 is 1.43 bits per heavy atom. The smallest absolute Gasteiger partial charge is 0.258 e. The molecule has 0 aromatic carbocycles. The van der Waals surface area contributed by atoms with Gasteiger partial charge in [-0.15, -0.1) is 0 Å². The molecule has 2 aliphatic heterocycles. The maximum Gasteiger partial charge on any atom is 0.258 e. The summed E-state index contributed by atoms with van der Waals surface area (Å²) in [4.78, 5) is 36.8. The van der Waals surface area contributed by atoms with Crippen molar-refractivity contribution in [2.24, 2.45) is 0 Å². The van der Waals surface area contributed by atoms with Gasteiger partial charge in [0.25, 0.3) is 5.91 Å². The molecule has 0 aromatic heterocycles. The van der Waals surface area contributed by atoms with Crippen LogP contribution in [-0.2, 0) is 14.4 Å². The van der Waals surface area contributed by atoms with Gasteiger partial charge in [-0.3, -0.25) is 19.7 Å². The molecule has 3 amide bonds. The fraction of sp³-hybridized carbons (Fsp3) is 0.400. The first-order valence-electron chi connectivity index (χ1n) is 6.72. The Labute approximate surface area is 122 Å². The molecule has 0 aromatic rings. The summed E-state index contributed by atoms with van der Waals surface area (Å²) in [6, 6.07) is -0.744. The van der Waals surface area contributed by atoms with E-state index < -0.39 is 23.7 Å². The molecule has 2 rings (SSSR count). The zero-order valence-electron chi connectivity index (χ0n) is 12.0. The number of carbonyl (C=O) groups excluding carboxylic acids is 3. The summed E-state index contributed by atoms with van der Waals surface area (Å²) in [5, 5.41) is 2.21.